The predicted molar refractivity (Wildman–Crippen MR) is 105 cm³/mol. The van der Waals surface area contributed by atoms with E-state index in [0.29, 0.717) is 26.1 Å². The van der Waals surface area contributed by atoms with Crippen LogP contribution in [0.25, 0.3) is 0 Å². The zero-order valence-corrected chi connectivity index (χ0v) is 16.4. The maximum atomic E-state index is 12.8. The van der Waals surface area contributed by atoms with Crippen LogP contribution in [0.5, 0.6) is 0 Å². The maximum Gasteiger partial charge on any atom is 0.231 e. The summed E-state index contributed by atoms with van der Waals surface area (Å²) < 4.78 is 0. The lowest BCUT2D eigenvalue weighted by Crippen LogP contribution is -2.41. The van der Waals surface area contributed by atoms with Crippen LogP contribution in [0.3, 0.4) is 0 Å². The summed E-state index contributed by atoms with van der Waals surface area (Å²) in [5, 5.41) is 12.6. The molecule has 1 atom stereocenters. The molecule has 0 bridgehead atoms. The lowest BCUT2D eigenvalue weighted by Gasteiger charge is -2.25. The van der Waals surface area contributed by atoms with E-state index < -0.39 is 5.41 Å². The Morgan fingerprint density at radius 2 is 2.00 bits per heavy atom. The molecule has 0 saturated carbocycles. The van der Waals surface area contributed by atoms with Crippen molar-refractivity contribution in [2.75, 3.05) is 26.2 Å². The van der Waals surface area contributed by atoms with Crippen molar-refractivity contribution in [2.24, 2.45) is 5.41 Å². The number of amides is 2. The van der Waals surface area contributed by atoms with Gasteiger partial charge in [-0.25, -0.2) is 0 Å². The quantitative estimate of drug-likeness (QED) is 0.611. The Bertz CT molecular complexity index is 567. The van der Waals surface area contributed by atoms with Crippen LogP contribution < -0.4 is 5.32 Å². The molecular formula is C20H31ClN2O3. The van der Waals surface area contributed by atoms with Gasteiger partial charge in [-0.2, -0.15) is 0 Å². The van der Waals surface area contributed by atoms with Crippen LogP contribution in [-0.2, 0) is 16.0 Å². The third kappa shape index (κ3) is 5.99. The van der Waals surface area contributed by atoms with Crippen molar-refractivity contribution in [1.29, 1.82) is 0 Å². The summed E-state index contributed by atoms with van der Waals surface area (Å²) in [7, 11) is 0. The molecule has 0 spiro atoms. The molecule has 1 aromatic rings. The first-order valence-electron chi connectivity index (χ1n) is 9.32. The van der Waals surface area contributed by atoms with Gasteiger partial charge in [-0.05, 0) is 31.2 Å². The first kappa shape index (κ1) is 22.5. The average molecular weight is 383 g/mol. The normalized spacial score (nSPS) is 19.3. The Labute approximate surface area is 162 Å². The lowest BCUT2D eigenvalue weighted by molar-refractivity contribution is -0.142. The highest BCUT2D eigenvalue weighted by Crippen LogP contribution is 2.35. The summed E-state index contributed by atoms with van der Waals surface area (Å²) in [6, 6.07) is 10.2. The number of halogens is 1. The molecule has 1 aromatic carbocycles. The van der Waals surface area contributed by atoms with Gasteiger partial charge >= 0.3 is 0 Å². The van der Waals surface area contributed by atoms with Crippen molar-refractivity contribution in [3.63, 3.8) is 0 Å². The Kier molecular flexibility index (Phi) is 9.66. The Morgan fingerprint density at radius 1 is 1.27 bits per heavy atom. The van der Waals surface area contributed by atoms with Crippen molar-refractivity contribution in [3.05, 3.63) is 35.9 Å². The van der Waals surface area contributed by atoms with Crippen molar-refractivity contribution in [1.82, 2.24) is 10.2 Å². The average Bonchev–Trinajstić information content (AvgIpc) is 2.93. The van der Waals surface area contributed by atoms with E-state index in [9.17, 15) is 14.7 Å². The van der Waals surface area contributed by atoms with E-state index >= 15 is 0 Å². The molecule has 1 unspecified atom stereocenters. The topological polar surface area (TPSA) is 69.6 Å². The minimum atomic E-state index is -0.928. The molecule has 146 valence electrons. The van der Waals surface area contributed by atoms with Crippen molar-refractivity contribution in [2.45, 2.75) is 45.4 Å². The van der Waals surface area contributed by atoms with Gasteiger partial charge in [0.15, 0.2) is 0 Å². The van der Waals surface area contributed by atoms with E-state index in [2.05, 4.69) is 24.4 Å². The second-order valence-electron chi connectivity index (χ2n) is 6.95. The van der Waals surface area contributed by atoms with Gasteiger partial charge in [0.2, 0.25) is 11.8 Å². The number of hydrogen-bond donors (Lipinski definition) is 2. The number of aryl methyl sites for hydroxylation is 1. The van der Waals surface area contributed by atoms with E-state index in [1.54, 1.807) is 4.90 Å². The summed E-state index contributed by atoms with van der Waals surface area (Å²) in [6.45, 7) is 3.73. The first-order chi connectivity index (χ1) is 12.1. The molecule has 2 rings (SSSR count). The number of carbonyl (C=O) groups excluding carboxylic acids is 2. The fourth-order valence-electron chi connectivity index (χ4n) is 3.37. The number of benzene rings is 1. The van der Waals surface area contributed by atoms with Crippen LogP contribution in [0.1, 0.15) is 44.6 Å². The molecule has 5 nitrogen and oxygen atoms in total. The molecule has 2 amide bonds. The largest absolute Gasteiger partial charge is 0.395 e. The third-order valence-electron chi connectivity index (χ3n) is 4.99. The summed E-state index contributed by atoms with van der Waals surface area (Å²) in [5.74, 6) is -0.212. The summed E-state index contributed by atoms with van der Waals surface area (Å²) in [5.41, 5.74) is 0.334. The van der Waals surface area contributed by atoms with Crippen LogP contribution in [0.2, 0.25) is 0 Å². The molecule has 0 radical (unpaired) electrons. The van der Waals surface area contributed by atoms with Crippen LogP contribution >= 0.6 is 12.4 Å². The molecule has 1 heterocycles. The Balaban J connectivity index is 0.00000338. The Morgan fingerprint density at radius 3 is 2.65 bits per heavy atom. The molecule has 2 N–H and O–H groups in total. The number of aliphatic hydroxyl groups is 1. The number of carbonyl (C=O) groups is 2. The fourth-order valence-corrected chi connectivity index (χ4v) is 3.37. The number of likely N-dealkylation sites (tertiary alicyclic amines) is 1. The summed E-state index contributed by atoms with van der Waals surface area (Å²) in [6.07, 6.45) is 4.39. The van der Waals surface area contributed by atoms with Crippen LogP contribution in [0.4, 0.5) is 0 Å². The molecule has 0 aromatic heterocycles. The molecule has 0 aliphatic carbocycles. The smallest absolute Gasteiger partial charge is 0.231 e. The van der Waals surface area contributed by atoms with E-state index in [1.807, 2.05) is 18.2 Å². The van der Waals surface area contributed by atoms with Crippen LogP contribution in [-0.4, -0.2) is 48.1 Å². The minimum absolute atomic E-state index is 0. The molecule has 1 fully saturated rings. The highest BCUT2D eigenvalue weighted by molar-refractivity contribution is 5.90. The van der Waals surface area contributed by atoms with Crippen LogP contribution in [0.15, 0.2) is 30.3 Å². The van der Waals surface area contributed by atoms with Gasteiger partial charge in [-0.1, -0.05) is 43.7 Å². The highest BCUT2D eigenvalue weighted by atomic mass is 35.5. The minimum Gasteiger partial charge on any atom is -0.395 e. The molecular weight excluding hydrogens is 352 g/mol. The first-order valence-corrected chi connectivity index (χ1v) is 9.32. The Hall–Kier alpha value is -1.59. The summed E-state index contributed by atoms with van der Waals surface area (Å²) >= 11 is 0. The number of rotatable bonds is 10. The van der Waals surface area contributed by atoms with Gasteiger partial charge in [0.05, 0.1) is 12.0 Å². The highest BCUT2D eigenvalue weighted by Gasteiger charge is 2.47. The third-order valence-corrected chi connectivity index (χ3v) is 4.99. The van der Waals surface area contributed by atoms with Gasteiger partial charge in [0.1, 0.15) is 0 Å². The number of aliphatic hydroxyl groups excluding tert-OH is 1. The molecule has 1 saturated heterocycles. The standard InChI is InChI=1S/C20H30N2O3.ClH/c1-2-3-12-21-18(24)15-20(16-23)11-14-22(19(20)25)13-7-10-17-8-5-4-6-9-17;/h4-6,8-9,23H,2-3,7,10-16H2,1H3,(H,21,24);1H. The van der Waals surface area contributed by atoms with Gasteiger partial charge in [-0.15, -0.1) is 12.4 Å². The van der Waals surface area contributed by atoms with E-state index in [0.717, 1.165) is 25.7 Å². The van der Waals surface area contributed by atoms with Gasteiger partial charge in [-0.3, -0.25) is 9.59 Å². The second kappa shape index (κ2) is 11.2. The van der Waals surface area contributed by atoms with Crippen molar-refractivity contribution in [3.8, 4) is 0 Å². The molecule has 1 aliphatic rings. The monoisotopic (exact) mass is 382 g/mol. The number of nitrogens with one attached hydrogen (secondary N) is 1. The number of unbranched alkanes of at least 4 members (excludes halogenated alkanes) is 1. The number of nitrogens with zero attached hydrogens (tertiary/aromatic N) is 1. The van der Waals surface area contributed by atoms with Gasteiger partial charge < -0.3 is 15.3 Å². The van der Waals surface area contributed by atoms with Gasteiger partial charge in [0.25, 0.3) is 0 Å². The van der Waals surface area contributed by atoms with Crippen molar-refractivity contribution >= 4 is 24.2 Å². The zero-order chi connectivity index (χ0) is 18.1. The van der Waals surface area contributed by atoms with E-state index in [4.69, 9.17) is 0 Å². The van der Waals surface area contributed by atoms with E-state index in [-0.39, 0.29) is 37.2 Å². The van der Waals surface area contributed by atoms with Crippen LogP contribution in [0, 0.1) is 5.41 Å². The summed E-state index contributed by atoms with van der Waals surface area (Å²) in [4.78, 5) is 26.7. The molecule has 1 aliphatic heterocycles. The number of hydrogen-bond acceptors (Lipinski definition) is 3. The van der Waals surface area contributed by atoms with Gasteiger partial charge in [0, 0.05) is 26.1 Å². The fraction of sp³-hybridized carbons (Fsp3) is 0.600. The molecule has 6 heteroatoms. The SMILES string of the molecule is CCCCNC(=O)CC1(CO)CCN(CCCc2ccccc2)C1=O.Cl. The zero-order valence-electron chi connectivity index (χ0n) is 15.6. The maximum absolute atomic E-state index is 12.8. The van der Waals surface area contributed by atoms with Crippen molar-refractivity contribution < 1.29 is 14.7 Å². The lowest BCUT2D eigenvalue weighted by atomic mass is 9.83. The second-order valence-corrected chi connectivity index (χ2v) is 6.95. The van der Waals surface area contributed by atoms with E-state index in [1.165, 1.54) is 5.56 Å². The molecule has 26 heavy (non-hydrogen) atoms. The predicted octanol–water partition coefficient (Wildman–Crippen LogP) is 2.56.